The molecule has 0 unspecified atom stereocenters. The lowest BCUT2D eigenvalue weighted by atomic mass is 9.99. The van der Waals surface area contributed by atoms with Crippen LogP contribution in [0.1, 0.15) is 25.8 Å². The van der Waals surface area contributed by atoms with E-state index in [9.17, 15) is 9.18 Å². The fourth-order valence-electron chi connectivity index (χ4n) is 1.32. The lowest BCUT2D eigenvalue weighted by molar-refractivity contribution is -0.144. The third-order valence-electron chi connectivity index (χ3n) is 2.86. The van der Waals surface area contributed by atoms with Crippen LogP contribution in [0.25, 0.3) is 0 Å². The van der Waals surface area contributed by atoms with Crippen LogP contribution in [-0.4, -0.2) is 16.6 Å². The van der Waals surface area contributed by atoms with Gasteiger partial charge < -0.3 is 5.11 Å². The number of hydrogen-bond acceptors (Lipinski definition) is 2. The lowest BCUT2D eigenvalue weighted by Crippen LogP contribution is -2.48. The lowest BCUT2D eigenvalue weighted by Gasteiger charge is -2.24. The van der Waals surface area contributed by atoms with Gasteiger partial charge in [0.2, 0.25) is 0 Å². The number of carboxylic acids is 1. The minimum atomic E-state index is -1.03. The molecule has 5 heteroatoms. The molecule has 0 aliphatic rings. The van der Waals surface area contributed by atoms with Gasteiger partial charge in [0.05, 0.1) is 0 Å². The highest BCUT2D eigenvalue weighted by Crippen LogP contribution is 2.17. The predicted octanol–water partition coefficient (Wildman–Crippen LogP) is 2.93. The summed E-state index contributed by atoms with van der Waals surface area (Å²) >= 11 is 3.25. The first-order chi connectivity index (χ1) is 7.89. The number of rotatable bonds is 5. The largest absolute Gasteiger partial charge is 0.480 e. The van der Waals surface area contributed by atoms with Gasteiger partial charge in [0.15, 0.2) is 0 Å². The van der Waals surface area contributed by atoms with E-state index in [2.05, 4.69) is 21.2 Å². The van der Waals surface area contributed by atoms with Crippen LogP contribution in [0.5, 0.6) is 0 Å². The first kappa shape index (κ1) is 14.1. The molecule has 0 saturated carbocycles. The van der Waals surface area contributed by atoms with Crippen LogP contribution in [-0.2, 0) is 11.3 Å². The van der Waals surface area contributed by atoms with Crippen molar-refractivity contribution in [2.24, 2.45) is 0 Å². The molecule has 2 N–H and O–H groups in total. The van der Waals surface area contributed by atoms with Crippen molar-refractivity contribution in [3.05, 3.63) is 34.1 Å². The van der Waals surface area contributed by atoms with Crippen LogP contribution in [0.3, 0.4) is 0 Å². The fourth-order valence-corrected chi connectivity index (χ4v) is 1.73. The standard InChI is InChI=1S/C12H15BrFNO2/c1-3-12(2,11(16)17)15-7-8-6-9(13)4-5-10(8)14/h4-6,15H,3,7H2,1-2H3,(H,16,17)/t12-/m0/s1. The smallest absolute Gasteiger partial charge is 0.323 e. The molecular weight excluding hydrogens is 289 g/mol. The quantitative estimate of drug-likeness (QED) is 0.879. The summed E-state index contributed by atoms with van der Waals surface area (Å²) in [5, 5.41) is 11.9. The Bertz CT molecular complexity index is 425. The summed E-state index contributed by atoms with van der Waals surface area (Å²) in [6, 6.07) is 4.60. The van der Waals surface area contributed by atoms with Gasteiger partial charge in [-0.3, -0.25) is 10.1 Å². The van der Waals surface area contributed by atoms with Gasteiger partial charge in [-0.2, -0.15) is 0 Å². The monoisotopic (exact) mass is 303 g/mol. The normalized spacial score (nSPS) is 14.4. The number of hydrogen-bond donors (Lipinski definition) is 2. The molecule has 0 aromatic heterocycles. The van der Waals surface area contributed by atoms with E-state index < -0.39 is 11.5 Å². The molecule has 0 aliphatic carbocycles. The Labute approximate surface area is 108 Å². The van der Waals surface area contributed by atoms with E-state index in [1.807, 2.05) is 0 Å². The van der Waals surface area contributed by atoms with Crippen molar-refractivity contribution in [2.75, 3.05) is 0 Å². The summed E-state index contributed by atoms with van der Waals surface area (Å²) < 4.78 is 14.2. The topological polar surface area (TPSA) is 49.3 Å². The molecule has 0 fully saturated rings. The Hall–Kier alpha value is -0.940. The van der Waals surface area contributed by atoms with Crippen molar-refractivity contribution in [3.8, 4) is 0 Å². The molecule has 0 aliphatic heterocycles. The molecule has 0 amide bonds. The van der Waals surface area contributed by atoms with Crippen LogP contribution in [0.15, 0.2) is 22.7 Å². The summed E-state index contributed by atoms with van der Waals surface area (Å²) in [5.41, 5.74) is -0.588. The summed E-state index contributed by atoms with van der Waals surface area (Å²) in [7, 11) is 0. The van der Waals surface area contributed by atoms with E-state index in [1.54, 1.807) is 26.0 Å². The van der Waals surface area contributed by atoms with E-state index in [1.165, 1.54) is 6.07 Å². The molecule has 0 spiro atoms. The molecule has 0 heterocycles. The van der Waals surface area contributed by atoms with Crippen LogP contribution in [0, 0.1) is 5.82 Å². The van der Waals surface area contributed by atoms with Gasteiger partial charge in [0.25, 0.3) is 0 Å². The van der Waals surface area contributed by atoms with Gasteiger partial charge in [-0.25, -0.2) is 4.39 Å². The van der Waals surface area contributed by atoms with Gasteiger partial charge in [-0.05, 0) is 31.5 Å². The van der Waals surface area contributed by atoms with Crippen molar-refractivity contribution in [1.82, 2.24) is 5.32 Å². The maximum Gasteiger partial charge on any atom is 0.323 e. The van der Waals surface area contributed by atoms with Crippen molar-refractivity contribution in [3.63, 3.8) is 0 Å². The third-order valence-corrected chi connectivity index (χ3v) is 3.35. The molecule has 17 heavy (non-hydrogen) atoms. The van der Waals surface area contributed by atoms with Crippen molar-refractivity contribution in [1.29, 1.82) is 0 Å². The summed E-state index contributed by atoms with van der Waals surface area (Å²) in [5.74, 6) is -1.28. The highest BCUT2D eigenvalue weighted by atomic mass is 79.9. The molecule has 0 radical (unpaired) electrons. The average molecular weight is 304 g/mol. The van der Waals surface area contributed by atoms with Crippen LogP contribution >= 0.6 is 15.9 Å². The highest BCUT2D eigenvalue weighted by molar-refractivity contribution is 9.10. The predicted molar refractivity (Wildman–Crippen MR) is 67.3 cm³/mol. The van der Waals surface area contributed by atoms with Crippen molar-refractivity contribution in [2.45, 2.75) is 32.4 Å². The van der Waals surface area contributed by atoms with Gasteiger partial charge in [-0.15, -0.1) is 0 Å². The number of benzene rings is 1. The number of carbonyl (C=O) groups is 1. The maximum absolute atomic E-state index is 13.4. The van der Waals surface area contributed by atoms with Gasteiger partial charge in [0, 0.05) is 16.6 Å². The van der Waals surface area contributed by atoms with Crippen molar-refractivity contribution < 1.29 is 14.3 Å². The van der Waals surface area contributed by atoms with E-state index in [4.69, 9.17) is 5.11 Å². The second kappa shape index (κ2) is 5.60. The Balaban J connectivity index is 2.79. The third kappa shape index (κ3) is 3.51. The Morgan fingerprint density at radius 1 is 1.59 bits per heavy atom. The summed E-state index contributed by atoms with van der Waals surface area (Å²) in [6.45, 7) is 3.55. The number of carboxylic acid groups (broad SMARTS) is 1. The van der Waals surface area contributed by atoms with Crippen molar-refractivity contribution >= 4 is 21.9 Å². The van der Waals surface area contributed by atoms with Crippen LogP contribution in [0.4, 0.5) is 4.39 Å². The zero-order valence-electron chi connectivity index (χ0n) is 9.76. The number of halogens is 2. The van der Waals surface area contributed by atoms with E-state index in [0.717, 1.165) is 4.47 Å². The fraction of sp³-hybridized carbons (Fsp3) is 0.417. The molecule has 0 bridgehead atoms. The maximum atomic E-state index is 13.4. The van der Waals surface area contributed by atoms with Crippen LogP contribution < -0.4 is 5.32 Å². The molecule has 1 rings (SSSR count). The molecule has 1 atom stereocenters. The SMILES string of the molecule is CC[C@](C)(NCc1cc(Br)ccc1F)C(=O)O. The van der Waals surface area contributed by atoms with Gasteiger partial charge in [0.1, 0.15) is 11.4 Å². The summed E-state index contributed by atoms with van der Waals surface area (Å²) in [6.07, 6.45) is 0.429. The molecule has 1 aromatic rings. The van der Waals surface area contributed by atoms with Gasteiger partial charge >= 0.3 is 5.97 Å². The average Bonchev–Trinajstić information content (AvgIpc) is 2.29. The molecule has 94 valence electrons. The molecule has 1 aromatic carbocycles. The molecule has 0 saturated heterocycles. The molecular formula is C12H15BrFNO2. The second-order valence-corrected chi connectivity index (χ2v) is 5.00. The van der Waals surface area contributed by atoms with Crippen LogP contribution in [0.2, 0.25) is 0 Å². The molecule has 3 nitrogen and oxygen atoms in total. The van der Waals surface area contributed by atoms with Gasteiger partial charge in [-0.1, -0.05) is 22.9 Å². The highest BCUT2D eigenvalue weighted by Gasteiger charge is 2.30. The summed E-state index contributed by atoms with van der Waals surface area (Å²) in [4.78, 5) is 11.1. The number of aliphatic carboxylic acids is 1. The van der Waals surface area contributed by atoms with E-state index in [0.29, 0.717) is 12.0 Å². The van der Waals surface area contributed by atoms with E-state index in [-0.39, 0.29) is 12.4 Å². The zero-order chi connectivity index (χ0) is 13.1. The minimum Gasteiger partial charge on any atom is -0.480 e. The first-order valence-electron chi connectivity index (χ1n) is 5.31. The zero-order valence-corrected chi connectivity index (χ0v) is 11.3. The Morgan fingerprint density at radius 2 is 2.24 bits per heavy atom. The minimum absolute atomic E-state index is 0.182. The van der Waals surface area contributed by atoms with E-state index >= 15 is 0 Å². The Kier molecular flexibility index (Phi) is 4.65. The first-order valence-corrected chi connectivity index (χ1v) is 6.10. The number of nitrogens with one attached hydrogen (secondary N) is 1. The second-order valence-electron chi connectivity index (χ2n) is 4.08. The Morgan fingerprint density at radius 3 is 2.76 bits per heavy atom.